The summed E-state index contributed by atoms with van der Waals surface area (Å²) in [6.07, 6.45) is 1.12. The van der Waals surface area contributed by atoms with Gasteiger partial charge in [0, 0.05) is 0 Å². The number of nitrogens with two attached hydrogens (primary N) is 1. The zero-order valence-electron chi connectivity index (χ0n) is 5.21. The topological polar surface area (TPSA) is 49.8 Å². The Morgan fingerprint density at radius 3 is 3.00 bits per heavy atom. The molecule has 0 aromatic rings. The largest absolute Gasteiger partial charge is 0.316 e. The van der Waals surface area contributed by atoms with Crippen LogP contribution in [0, 0.1) is 17.2 Å². The molecule has 2 N–H and O–H groups in total. The highest BCUT2D eigenvalue weighted by Crippen LogP contribution is 2.24. The molecule has 1 fully saturated rings. The average Bonchev–Trinajstić information content (AvgIpc) is 2.37. The van der Waals surface area contributed by atoms with Gasteiger partial charge in [0.2, 0.25) is 0 Å². The third-order valence-corrected chi connectivity index (χ3v) is 2.81. The van der Waals surface area contributed by atoms with E-state index >= 15 is 0 Å². The maximum absolute atomic E-state index is 8.41. The van der Waals surface area contributed by atoms with Crippen LogP contribution in [-0.4, -0.2) is 17.5 Å². The molecule has 0 amide bonds. The Morgan fingerprint density at radius 1 is 1.78 bits per heavy atom. The first-order valence-corrected chi connectivity index (χ1v) is 4.23. The predicted octanol–water partition coefficient (Wildman–Crippen LogP) is 0.590. The van der Waals surface area contributed by atoms with Crippen LogP contribution in [0.25, 0.3) is 0 Å². The van der Waals surface area contributed by atoms with Gasteiger partial charge in [0.15, 0.2) is 0 Å². The van der Waals surface area contributed by atoms with Crippen molar-refractivity contribution in [1.82, 2.24) is 0 Å². The van der Waals surface area contributed by atoms with Crippen LogP contribution in [0.15, 0.2) is 0 Å². The third-order valence-electron chi connectivity index (χ3n) is 1.62. The molecule has 1 saturated heterocycles. The van der Waals surface area contributed by atoms with Gasteiger partial charge in [-0.15, -0.1) is 0 Å². The molecule has 2 unspecified atom stereocenters. The Kier molecular flexibility index (Phi) is 2.38. The molecular formula is C6H10N2S. The van der Waals surface area contributed by atoms with Gasteiger partial charge in [-0.05, 0) is 23.8 Å². The van der Waals surface area contributed by atoms with Gasteiger partial charge in [-0.1, -0.05) is 0 Å². The molecule has 1 aliphatic rings. The van der Waals surface area contributed by atoms with Crippen LogP contribution in [0.1, 0.15) is 6.42 Å². The lowest BCUT2D eigenvalue weighted by Gasteiger charge is -2.07. The molecule has 1 aliphatic heterocycles. The first kappa shape index (κ1) is 6.91. The molecule has 0 bridgehead atoms. The number of nitrogens with zero attached hydrogens (tertiary/aromatic N) is 1. The summed E-state index contributed by atoms with van der Waals surface area (Å²) in [5.41, 5.74) is 5.50. The minimum atomic E-state index is -0.222. The minimum absolute atomic E-state index is 0.222. The summed E-state index contributed by atoms with van der Waals surface area (Å²) in [6, 6.07) is 1.85. The standard InChI is InChI=1S/C6H10N2S/c7-3-6(8)5-1-2-9-4-5/h5-6H,1-2,4,8H2. The molecule has 2 atom stereocenters. The van der Waals surface area contributed by atoms with Crippen molar-refractivity contribution in [3.05, 3.63) is 0 Å². The summed E-state index contributed by atoms with van der Waals surface area (Å²) in [7, 11) is 0. The van der Waals surface area contributed by atoms with E-state index < -0.39 is 0 Å². The predicted molar refractivity (Wildman–Crippen MR) is 39.0 cm³/mol. The van der Waals surface area contributed by atoms with E-state index in [1.54, 1.807) is 0 Å². The van der Waals surface area contributed by atoms with Crippen molar-refractivity contribution in [3.8, 4) is 6.07 Å². The Balaban J connectivity index is 2.34. The highest BCUT2D eigenvalue weighted by Gasteiger charge is 2.21. The quantitative estimate of drug-likeness (QED) is 0.583. The lowest BCUT2D eigenvalue weighted by molar-refractivity contribution is 0.540. The first-order chi connectivity index (χ1) is 4.34. The van der Waals surface area contributed by atoms with Gasteiger partial charge >= 0.3 is 0 Å². The molecule has 0 aromatic carbocycles. The van der Waals surface area contributed by atoms with Crippen LogP contribution in [0.3, 0.4) is 0 Å². The summed E-state index contributed by atoms with van der Waals surface area (Å²) in [4.78, 5) is 0. The van der Waals surface area contributed by atoms with Crippen LogP contribution >= 0.6 is 11.8 Å². The lowest BCUT2D eigenvalue weighted by atomic mass is 10.0. The van der Waals surface area contributed by atoms with Crippen molar-refractivity contribution in [3.63, 3.8) is 0 Å². The second-order valence-corrected chi connectivity index (χ2v) is 3.43. The van der Waals surface area contributed by atoms with Crippen LogP contribution in [0.4, 0.5) is 0 Å². The fraction of sp³-hybridized carbons (Fsp3) is 0.833. The smallest absolute Gasteiger partial charge is 0.0964 e. The molecule has 1 heterocycles. The minimum Gasteiger partial charge on any atom is -0.316 e. The number of nitriles is 1. The Bertz CT molecular complexity index is 124. The van der Waals surface area contributed by atoms with Gasteiger partial charge in [0.25, 0.3) is 0 Å². The Morgan fingerprint density at radius 2 is 2.56 bits per heavy atom. The van der Waals surface area contributed by atoms with Crippen molar-refractivity contribution < 1.29 is 0 Å². The Labute approximate surface area is 59.4 Å². The number of rotatable bonds is 1. The zero-order valence-corrected chi connectivity index (χ0v) is 6.03. The molecule has 2 nitrogen and oxygen atoms in total. The molecule has 0 aliphatic carbocycles. The van der Waals surface area contributed by atoms with Gasteiger partial charge in [-0.25, -0.2) is 0 Å². The molecule has 0 radical (unpaired) electrons. The van der Waals surface area contributed by atoms with Crippen molar-refractivity contribution in [2.75, 3.05) is 11.5 Å². The molecule has 3 heteroatoms. The molecule has 50 valence electrons. The summed E-state index contributed by atoms with van der Waals surface area (Å²) in [5.74, 6) is 2.72. The Hall–Kier alpha value is -0.200. The van der Waals surface area contributed by atoms with E-state index in [0.29, 0.717) is 5.92 Å². The van der Waals surface area contributed by atoms with Gasteiger partial charge in [0.05, 0.1) is 12.1 Å². The number of hydrogen-bond acceptors (Lipinski definition) is 3. The number of hydrogen-bond donors (Lipinski definition) is 1. The van der Waals surface area contributed by atoms with E-state index in [1.807, 2.05) is 11.8 Å². The van der Waals surface area contributed by atoms with Crippen molar-refractivity contribution in [2.24, 2.45) is 11.7 Å². The normalized spacial score (nSPS) is 29.6. The highest BCUT2D eigenvalue weighted by atomic mass is 32.2. The fourth-order valence-corrected chi connectivity index (χ4v) is 2.25. The molecule has 9 heavy (non-hydrogen) atoms. The van der Waals surface area contributed by atoms with E-state index in [9.17, 15) is 0 Å². The second-order valence-electron chi connectivity index (χ2n) is 2.28. The monoisotopic (exact) mass is 142 g/mol. The fourth-order valence-electron chi connectivity index (χ4n) is 0.941. The molecular weight excluding hydrogens is 132 g/mol. The van der Waals surface area contributed by atoms with Gasteiger partial charge in [-0.3, -0.25) is 0 Å². The van der Waals surface area contributed by atoms with E-state index in [0.717, 1.165) is 12.2 Å². The van der Waals surface area contributed by atoms with E-state index in [2.05, 4.69) is 6.07 Å². The maximum atomic E-state index is 8.41. The average molecular weight is 142 g/mol. The van der Waals surface area contributed by atoms with E-state index in [4.69, 9.17) is 11.0 Å². The van der Waals surface area contributed by atoms with Gasteiger partial charge in [-0.2, -0.15) is 17.0 Å². The molecule has 0 spiro atoms. The van der Waals surface area contributed by atoms with Crippen molar-refractivity contribution >= 4 is 11.8 Å². The lowest BCUT2D eigenvalue weighted by Crippen LogP contribution is -2.27. The summed E-state index contributed by atoms with van der Waals surface area (Å²) in [6.45, 7) is 0. The summed E-state index contributed by atoms with van der Waals surface area (Å²) < 4.78 is 0. The van der Waals surface area contributed by atoms with Gasteiger partial charge in [0.1, 0.15) is 0 Å². The van der Waals surface area contributed by atoms with Crippen LogP contribution < -0.4 is 5.73 Å². The van der Waals surface area contributed by atoms with Crippen molar-refractivity contribution in [2.45, 2.75) is 12.5 Å². The van der Waals surface area contributed by atoms with E-state index in [-0.39, 0.29) is 6.04 Å². The van der Waals surface area contributed by atoms with Crippen LogP contribution in [-0.2, 0) is 0 Å². The summed E-state index contributed by atoms with van der Waals surface area (Å²) >= 11 is 1.89. The third kappa shape index (κ3) is 1.60. The SMILES string of the molecule is N#CC(N)C1CCSC1. The zero-order chi connectivity index (χ0) is 6.69. The van der Waals surface area contributed by atoms with Crippen molar-refractivity contribution in [1.29, 1.82) is 5.26 Å². The second kappa shape index (κ2) is 3.09. The van der Waals surface area contributed by atoms with Crippen LogP contribution in [0.2, 0.25) is 0 Å². The van der Waals surface area contributed by atoms with Gasteiger partial charge < -0.3 is 5.73 Å². The number of thioether (sulfide) groups is 1. The maximum Gasteiger partial charge on any atom is 0.0964 e. The summed E-state index contributed by atoms with van der Waals surface area (Å²) in [5, 5.41) is 8.41. The first-order valence-electron chi connectivity index (χ1n) is 3.07. The molecule has 0 saturated carbocycles. The molecule has 0 aromatic heterocycles. The highest BCUT2D eigenvalue weighted by molar-refractivity contribution is 7.99. The molecule has 1 rings (SSSR count). The van der Waals surface area contributed by atoms with Crippen LogP contribution in [0.5, 0.6) is 0 Å². The van der Waals surface area contributed by atoms with E-state index in [1.165, 1.54) is 5.75 Å².